The van der Waals surface area contributed by atoms with E-state index in [4.69, 9.17) is 29.7 Å². The molecule has 10 aromatic carbocycles. The van der Waals surface area contributed by atoms with Crippen LogP contribution in [0.1, 0.15) is 5.56 Å². The second-order valence-corrected chi connectivity index (χ2v) is 18.5. The molecule has 0 saturated carbocycles. The molecule has 0 aliphatic rings. The highest BCUT2D eigenvalue weighted by molar-refractivity contribution is 6.13. The first-order valence-corrected chi connectivity index (χ1v) is 24.6. The summed E-state index contributed by atoms with van der Waals surface area (Å²) >= 11 is 0. The standard InChI is InChI=1S/C68H38N8/c1-70-49-30-32-51(61(40-49)72-3)47-28-34-66-56(38-47)53-21-11-15-25-64(53)76(66)67-35-29-48(68-73-58(44-16-6-4-7-17-44)41-59(74-68)45-18-8-5-9-19-45)39-57(67)54-22-12-14-24-63(54)75-62-23-13-10-20-52(62)55-37-46(27-33-65(55)75)50-31-26-43(42-69)36-60(50)71-2/h4-41H. The molecular formula is C68H38N8. The third-order valence-electron chi connectivity index (χ3n) is 14.2. The van der Waals surface area contributed by atoms with Gasteiger partial charge < -0.3 is 9.13 Å². The normalized spacial score (nSPS) is 11.1. The van der Waals surface area contributed by atoms with Gasteiger partial charge in [0.15, 0.2) is 22.9 Å². The van der Waals surface area contributed by atoms with Crippen LogP contribution in [-0.4, -0.2) is 19.1 Å². The zero-order valence-electron chi connectivity index (χ0n) is 40.5. The van der Waals surface area contributed by atoms with Crippen molar-refractivity contribution in [3.05, 3.63) is 270 Å². The summed E-state index contributed by atoms with van der Waals surface area (Å²) in [6.07, 6.45) is 0. The Morgan fingerprint density at radius 2 is 0.855 bits per heavy atom. The summed E-state index contributed by atoms with van der Waals surface area (Å²) in [5, 5.41) is 13.8. The Bertz CT molecular complexity index is 4630. The number of hydrogen-bond donors (Lipinski definition) is 0. The summed E-state index contributed by atoms with van der Waals surface area (Å²) in [6.45, 7) is 23.6. The van der Waals surface area contributed by atoms with Crippen molar-refractivity contribution < 1.29 is 0 Å². The van der Waals surface area contributed by atoms with Crippen LogP contribution in [0.3, 0.4) is 0 Å². The van der Waals surface area contributed by atoms with Gasteiger partial charge in [-0.2, -0.15) is 5.26 Å². The third kappa shape index (κ3) is 7.51. The Balaban J connectivity index is 1.08. The number of para-hydroxylation sites is 3. The van der Waals surface area contributed by atoms with E-state index in [1.54, 1.807) is 24.3 Å². The number of hydrogen-bond acceptors (Lipinski definition) is 3. The van der Waals surface area contributed by atoms with E-state index in [0.717, 1.165) is 116 Å². The first-order valence-electron chi connectivity index (χ1n) is 24.6. The third-order valence-corrected chi connectivity index (χ3v) is 14.2. The number of benzene rings is 10. The van der Waals surface area contributed by atoms with Gasteiger partial charge in [0.25, 0.3) is 0 Å². The van der Waals surface area contributed by atoms with E-state index >= 15 is 0 Å². The molecule has 0 bridgehead atoms. The van der Waals surface area contributed by atoms with Crippen molar-refractivity contribution >= 4 is 60.7 Å². The molecule has 0 radical (unpaired) electrons. The van der Waals surface area contributed by atoms with Gasteiger partial charge in [-0.05, 0) is 101 Å². The molecule has 0 saturated heterocycles. The van der Waals surface area contributed by atoms with Crippen LogP contribution in [0.5, 0.6) is 0 Å². The van der Waals surface area contributed by atoms with Crippen molar-refractivity contribution in [1.82, 2.24) is 19.1 Å². The molecule has 76 heavy (non-hydrogen) atoms. The lowest BCUT2D eigenvalue weighted by atomic mass is 9.97. The van der Waals surface area contributed by atoms with E-state index in [0.29, 0.717) is 28.5 Å². The zero-order chi connectivity index (χ0) is 51.3. The van der Waals surface area contributed by atoms with E-state index in [1.807, 2.05) is 48.5 Å². The monoisotopic (exact) mass is 966 g/mol. The Kier molecular flexibility index (Phi) is 10.9. The molecule has 3 heterocycles. The highest BCUT2D eigenvalue weighted by Gasteiger charge is 2.23. The Morgan fingerprint density at radius 1 is 0.355 bits per heavy atom. The summed E-state index contributed by atoms with van der Waals surface area (Å²) in [5.74, 6) is 0.586. The number of rotatable bonds is 8. The minimum Gasteiger partial charge on any atom is -0.309 e. The smallest absolute Gasteiger partial charge is 0.196 e. The van der Waals surface area contributed by atoms with Crippen LogP contribution in [0.15, 0.2) is 231 Å². The van der Waals surface area contributed by atoms with Crippen LogP contribution in [0, 0.1) is 31.0 Å². The van der Waals surface area contributed by atoms with Gasteiger partial charge in [0.05, 0.1) is 70.6 Å². The van der Waals surface area contributed by atoms with Crippen molar-refractivity contribution in [2.75, 3.05) is 0 Å². The van der Waals surface area contributed by atoms with E-state index in [1.165, 1.54) is 0 Å². The molecule has 0 unspecified atom stereocenters. The van der Waals surface area contributed by atoms with Crippen LogP contribution in [0.4, 0.5) is 17.1 Å². The zero-order valence-corrected chi connectivity index (χ0v) is 40.5. The quantitative estimate of drug-likeness (QED) is 0.142. The Morgan fingerprint density at radius 3 is 1.43 bits per heavy atom. The second kappa shape index (κ2) is 18.5. The predicted molar refractivity (Wildman–Crippen MR) is 307 cm³/mol. The highest BCUT2D eigenvalue weighted by atomic mass is 15.0. The number of aromatic nitrogens is 4. The van der Waals surface area contributed by atoms with Gasteiger partial charge in [-0.25, -0.2) is 24.5 Å². The molecule has 0 N–H and O–H groups in total. The summed E-state index contributed by atoms with van der Waals surface area (Å²) in [7, 11) is 0. The molecule has 0 atom stereocenters. The van der Waals surface area contributed by atoms with Gasteiger partial charge in [-0.1, -0.05) is 152 Å². The fourth-order valence-corrected chi connectivity index (χ4v) is 10.7. The van der Waals surface area contributed by atoms with Gasteiger partial charge in [0.1, 0.15) is 0 Å². The van der Waals surface area contributed by atoms with Crippen molar-refractivity contribution in [2.45, 2.75) is 0 Å². The SMILES string of the molecule is [C-]#[N+]c1ccc(-c2ccc3c(c2)c2ccccc2n3-c2ccc(-c3nc(-c4ccccc4)cc(-c4ccccc4)n3)cc2-c2ccccc2-n2c3ccccc3c3cc(-c4ccc(C#N)cc4[N+]#[C-])ccc32)c([N+]#[C-])c1. The van der Waals surface area contributed by atoms with Crippen LogP contribution >= 0.6 is 0 Å². The van der Waals surface area contributed by atoms with E-state index in [-0.39, 0.29) is 0 Å². The van der Waals surface area contributed by atoms with Crippen LogP contribution < -0.4 is 0 Å². The lowest BCUT2D eigenvalue weighted by Gasteiger charge is -2.20. The van der Waals surface area contributed by atoms with Crippen molar-refractivity contribution in [1.29, 1.82) is 5.26 Å². The van der Waals surface area contributed by atoms with Crippen molar-refractivity contribution in [3.63, 3.8) is 0 Å². The number of nitrogens with zero attached hydrogens (tertiary/aromatic N) is 8. The molecule has 0 aliphatic heterocycles. The number of nitriles is 1. The molecule has 0 amide bonds. The van der Waals surface area contributed by atoms with Gasteiger partial charge in [-0.3, -0.25) is 0 Å². The molecule has 0 spiro atoms. The van der Waals surface area contributed by atoms with Crippen LogP contribution in [0.2, 0.25) is 0 Å². The Hall–Kier alpha value is -11.2. The second-order valence-electron chi connectivity index (χ2n) is 18.5. The van der Waals surface area contributed by atoms with Gasteiger partial charge in [-0.15, -0.1) is 0 Å². The molecule has 350 valence electrons. The minimum absolute atomic E-state index is 0.429. The first kappa shape index (κ1) is 44.8. The topological polar surface area (TPSA) is 72.5 Å². The molecule has 0 fully saturated rings. The molecular weight excluding hydrogens is 929 g/mol. The predicted octanol–water partition coefficient (Wildman–Crippen LogP) is 18.2. The molecule has 0 aliphatic carbocycles. The summed E-state index contributed by atoms with van der Waals surface area (Å²) in [4.78, 5) is 21.9. The molecule has 13 aromatic rings. The highest BCUT2D eigenvalue weighted by Crippen LogP contribution is 2.45. The van der Waals surface area contributed by atoms with Gasteiger partial charge in [0.2, 0.25) is 0 Å². The lowest BCUT2D eigenvalue weighted by Crippen LogP contribution is -2.03. The van der Waals surface area contributed by atoms with Crippen molar-refractivity contribution in [3.8, 4) is 84.7 Å². The van der Waals surface area contributed by atoms with Crippen molar-refractivity contribution in [2.24, 2.45) is 0 Å². The first-order chi connectivity index (χ1) is 37.5. The van der Waals surface area contributed by atoms with Gasteiger partial charge >= 0.3 is 0 Å². The molecule has 8 heteroatoms. The summed E-state index contributed by atoms with van der Waals surface area (Å²) in [5.41, 5.74) is 17.3. The maximum atomic E-state index is 9.64. The molecule has 3 aromatic heterocycles. The summed E-state index contributed by atoms with van der Waals surface area (Å²) < 4.78 is 4.67. The van der Waals surface area contributed by atoms with Crippen LogP contribution in [0.25, 0.3) is 137 Å². The molecule has 13 rings (SSSR count). The maximum absolute atomic E-state index is 9.64. The lowest BCUT2D eigenvalue weighted by molar-refractivity contribution is 1.15. The molecule has 8 nitrogen and oxygen atoms in total. The fourth-order valence-electron chi connectivity index (χ4n) is 10.7. The average molecular weight is 967 g/mol. The fraction of sp³-hybridized carbons (Fsp3) is 0. The Labute approximate surface area is 438 Å². The van der Waals surface area contributed by atoms with Crippen LogP contribution in [-0.2, 0) is 0 Å². The van der Waals surface area contributed by atoms with E-state index < -0.39 is 0 Å². The summed E-state index contributed by atoms with van der Waals surface area (Å²) in [6, 6.07) is 80.0. The van der Waals surface area contributed by atoms with Gasteiger partial charge in [0, 0.05) is 54.9 Å². The van der Waals surface area contributed by atoms with E-state index in [9.17, 15) is 5.26 Å². The minimum atomic E-state index is 0.429. The number of fused-ring (bicyclic) bond motifs is 6. The largest absolute Gasteiger partial charge is 0.309 e. The maximum Gasteiger partial charge on any atom is 0.196 e. The average Bonchev–Trinajstić information content (AvgIpc) is 4.10. The van der Waals surface area contributed by atoms with E-state index in [2.05, 4.69) is 187 Å².